The normalized spacial score (nSPS) is 18.5. The van der Waals surface area contributed by atoms with Crippen molar-refractivity contribution >= 4 is 15.7 Å². The molecule has 1 aliphatic heterocycles. The van der Waals surface area contributed by atoms with Gasteiger partial charge in [-0.25, -0.2) is 13.6 Å². The van der Waals surface area contributed by atoms with Gasteiger partial charge in [-0.2, -0.15) is 0 Å². The van der Waals surface area contributed by atoms with Crippen LogP contribution in [0.25, 0.3) is 0 Å². The molecule has 0 radical (unpaired) electrons. The Kier molecular flexibility index (Phi) is 3.35. The molecule has 0 saturated carbocycles. The maximum absolute atomic E-state index is 11.5. The van der Waals surface area contributed by atoms with Crippen molar-refractivity contribution in [1.82, 2.24) is 0 Å². The minimum absolute atomic E-state index is 0.170. The Bertz CT molecular complexity index is 536. The molecule has 2 rings (SSSR count). The number of primary sulfonamides is 1. The Morgan fingerprint density at radius 3 is 2.50 bits per heavy atom. The number of benzene rings is 1. The summed E-state index contributed by atoms with van der Waals surface area (Å²) in [4.78, 5) is 2.14. The molecule has 6 heteroatoms. The topological polar surface area (TPSA) is 89.4 Å². The molecule has 18 heavy (non-hydrogen) atoms. The number of nitrogens with two attached hydrogens (primary N) is 2. The molecule has 1 aliphatic rings. The van der Waals surface area contributed by atoms with Crippen molar-refractivity contribution in [1.29, 1.82) is 0 Å². The van der Waals surface area contributed by atoms with Gasteiger partial charge in [0.25, 0.3) is 0 Å². The van der Waals surface area contributed by atoms with E-state index in [4.69, 9.17) is 10.9 Å². The van der Waals surface area contributed by atoms with Gasteiger partial charge in [0.2, 0.25) is 10.0 Å². The maximum Gasteiger partial charge on any atom is 0.240 e. The van der Waals surface area contributed by atoms with E-state index in [9.17, 15) is 8.42 Å². The molecule has 0 bridgehead atoms. The van der Waals surface area contributed by atoms with Crippen molar-refractivity contribution in [2.45, 2.75) is 30.2 Å². The van der Waals surface area contributed by atoms with E-state index in [1.807, 2.05) is 4.90 Å². The summed E-state index contributed by atoms with van der Waals surface area (Å²) in [5, 5.41) is 5.21. The molecule has 4 N–H and O–H groups in total. The molecule has 0 unspecified atom stereocenters. The van der Waals surface area contributed by atoms with Crippen molar-refractivity contribution in [3.05, 3.63) is 24.3 Å². The minimum Gasteiger partial charge on any atom is -0.367 e. The first-order chi connectivity index (χ1) is 8.36. The van der Waals surface area contributed by atoms with Crippen LogP contribution in [-0.4, -0.2) is 27.0 Å². The van der Waals surface area contributed by atoms with E-state index in [-0.39, 0.29) is 10.4 Å². The second-order valence-corrected chi connectivity index (χ2v) is 6.51. The van der Waals surface area contributed by atoms with E-state index >= 15 is 0 Å². The molecule has 1 heterocycles. The molecule has 1 aromatic rings. The van der Waals surface area contributed by atoms with Gasteiger partial charge in [-0.15, -0.1) is 0 Å². The fourth-order valence-corrected chi connectivity index (χ4v) is 3.26. The number of nitrogens with zero attached hydrogens (tertiary/aromatic N) is 1. The molecule has 0 spiro atoms. The Morgan fingerprint density at radius 2 is 1.94 bits per heavy atom. The lowest BCUT2D eigenvalue weighted by Gasteiger charge is -2.49. The maximum atomic E-state index is 11.5. The molecule has 1 fully saturated rings. The summed E-state index contributed by atoms with van der Waals surface area (Å²) in [5.74, 6) is 0. The average Bonchev–Trinajstić information content (AvgIpc) is 2.25. The van der Waals surface area contributed by atoms with Crippen LogP contribution in [0.2, 0.25) is 0 Å². The lowest BCUT2D eigenvalue weighted by molar-refractivity contribution is 0.306. The summed E-state index contributed by atoms with van der Waals surface area (Å²) >= 11 is 0. The Labute approximate surface area is 108 Å². The second-order valence-electron chi connectivity index (χ2n) is 4.98. The van der Waals surface area contributed by atoms with Crippen molar-refractivity contribution in [3.8, 4) is 0 Å². The standard InChI is InChI=1S/C12H19N3O2S/c1-2-7-12(13)8-15(9-12)10-5-3-4-6-11(10)18(14,16)17/h3-6H,2,7-9,13H2,1H3,(H2,14,16,17). The molecule has 0 aromatic heterocycles. The predicted octanol–water partition coefficient (Wildman–Crippen LogP) is 0.652. The van der Waals surface area contributed by atoms with E-state index in [1.54, 1.807) is 18.2 Å². The average molecular weight is 269 g/mol. The van der Waals surface area contributed by atoms with Crippen LogP contribution in [-0.2, 0) is 10.0 Å². The van der Waals surface area contributed by atoms with Crippen LogP contribution in [0.4, 0.5) is 5.69 Å². The van der Waals surface area contributed by atoms with Gasteiger partial charge in [-0.1, -0.05) is 25.5 Å². The molecular weight excluding hydrogens is 250 g/mol. The largest absolute Gasteiger partial charge is 0.367 e. The molecule has 5 nitrogen and oxygen atoms in total. The van der Waals surface area contributed by atoms with Crippen LogP contribution < -0.4 is 15.8 Å². The zero-order chi connectivity index (χ0) is 13.4. The third-order valence-corrected chi connectivity index (χ3v) is 4.23. The summed E-state index contributed by atoms with van der Waals surface area (Å²) in [6.07, 6.45) is 1.97. The number of anilines is 1. The summed E-state index contributed by atoms with van der Waals surface area (Å²) in [6.45, 7) is 3.44. The highest BCUT2D eigenvalue weighted by Gasteiger charge is 2.39. The van der Waals surface area contributed by atoms with Crippen molar-refractivity contribution in [2.75, 3.05) is 18.0 Å². The van der Waals surface area contributed by atoms with Gasteiger partial charge < -0.3 is 10.6 Å². The predicted molar refractivity (Wildman–Crippen MR) is 71.9 cm³/mol. The molecule has 0 amide bonds. The minimum atomic E-state index is -3.69. The van der Waals surface area contributed by atoms with Crippen molar-refractivity contribution < 1.29 is 8.42 Å². The molecule has 0 aliphatic carbocycles. The number of hydrogen-bond donors (Lipinski definition) is 2. The second kappa shape index (κ2) is 4.53. The third kappa shape index (κ3) is 2.50. The first-order valence-electron chi connectivity index (χ1n) is 6.01. The Morgan fingerprint density at radius 1 is 1.33 bits per heavy atom. The van der Waals surface area contributed by atoms with E-state index in [2.05, 4.69) is 6.92 Å². The van der Waals surface area contributed by atoms with E-state index in [0.717, 1.165) is 12.8 Å². The lowest BCUT2D eigenvalue weighted by atomic mass is 9.86. The van der Waals surface area contributed by atoms with Crippen LogP contribution in [0, 0.1) is 0 Å². The highest BCUT2D eigenvalue weighted by molar-refractivity contribution is 7.89. The fourth-order valence-electron chi connectivity index (χ4n) is 2.50. The number of rotatable bonds is 4. The van der Waals surface area contributed by atoms with Gasteiger partial charge in [0.1, 0.15) is 4.90 Å². The first kappa shape index (κ1) is 13.3. The van der Waals surface area contributed by atoms with Crippen LogP contribution in [0.3, 0.4) is 0 Å². The fraction of sp³-hybridized carbons (Fsp3) is 0.500. The quantitative estimate of drug-likeness (QED) is 0.840. The highest BCUT2D eigenvalue weighted by atomic mass is 32.2. The van der Waals surface area contributed by atoms with Gasteiger partial charge in [-0.05, 0) is 18.6 Å². The number of sulfonamides is 1. The van der Waals surface area contributed by atoms with Gasteiger partial charge in [0.05, 0.1) is 11.2 Å². The van der Waals surface area contributed by atoms with Gasteiger partial charge in [0.15, 0.2) is 0 Å². The summed E-state index contributed by atoms with van der Waals surface area (Å²) < 4.78 is 23.0. The zero-order valence-electron chi connectivity index (χ0n) is 10.5. The van der Waals surface area contributed by atoms with E-state index in [0.29, 0.717) is 18.8 Å². The van der Waals surface area contributed by atoms with Gasteiger partial charge in [-0.3, -0.25) is 0 Å². The molecule has 0 atom stereocenters. The zero-order valence-corrected chi connectivity index (χ0v) is 11.3. The van der Waals surface area contributed by atoms with E-state index < -0.39 is 10.0 Å². The van der Waals surface area contributed by atoms with E-state index in [1.165, 1.54) is 6.07 Å². The molecule has 1 aromatic carbocycles. The Balaban J connectivity index is 2.23. The van der Waals surface area contributed by atoms with Gasteiger partial charge >= 0.3 is 0 Å². The number of para-hydroxylation sites is 1. The van der Waals surface area contributed by atoms with Crippen molar-refractivity contribution in [3.63, 3.8) is 0 Å². The van der Waals surface area contributed by atoms with Crippen molar-refractivity contribution in [2.24, 2.45) is 10.9 Å². The third-order valence-electron chi connectivity index (χ3n) is 3.27. The summed E-state index contributed by atoms with van der Waals surface area (Å²) in [6, 6.07) is 6.78. The number of hydrogen-bond acceptors (Lipinski definition) is 4. The Hall–Kier alpha value is -1.11. The highest BCUT2D eigenvalue weighted by Crippen LogP contribution is 2.32. The SMILES string of the molecule is CCCC1(N)CN(c2ccccc2S(N)(=O)=O)C1. The summed E-state index contributed by atoms with van der Waals surface area (Å²) in [7, 11) is -3.69. The lowest BCUT2D eigenvalue weighted by Crippen LogP contribution is -2.67. The summed E-state index contributed by atoms with van der Waals surface area (Å²) in [5.41, 5.74) is 6.63. The first-order valence-corrected chi connectivity index (χ1v) is 7.56. The molecule has 100 valence electrons. The molecular formula is C12H19N3O2S. The van der Waals surface area contributed by atoms with Crippen LogP contribution in [0.15, 0.2) is 29.2 Å². The van der Waals surface area contributed by atoms with Crippen LogP contribution in [0.1, 0.15) is 19.8 Å². The molecule has 1 saturated heterocycles. The monoisotopic (exact) mass is 269 g/mol. The van der Waals surface area contributed by atoms with Gasteiger partial charge in [0, 0.05) is 13.1 Å². The smallest absolute Gasteiger partial charge is 0.240 e. The van der Waals surface area contributed by atoms with Crippen LogP contribution in [0.5, 0.6) is 0 Å². The van der Waals surface area contributed by atoms with Crippen LogP contribution >= 0.6 is 0 Å².